The summed E-state index contributed by atoms with van der Waals surface area (Å²) in [7, 11) is 3.08. The van der Waals surface area contributed by atoms with Gasteiger partial charge in [0.15, 0.2) is 0 Å². The maximum atomic E-state index is 11.9. The van der Waals surface area contributed by atoms with Gasteiger partial charge in [0.05, 0.1) is 6.54 Å². The fraction of sp³-hybridized carbons (Fsp3) is 0.818. The first-order chi connectivity index (χ1) is 8.04. The number of hydrogen-bond acceptors (Lipinski definition) is 4. The topological polar surface area (TPSA) is 61.9 Å². The number of methoxy groups -OCH3 is 1. The molecule has 1 fully saturated rings. The SMILES string of the molecule is COCC(=O)N(C)CC(=O)N1CCN[C@H](C)C1. The number of hydrogen-bond donors (Lipinski definition) is 1. The van der Waals surface area contributed by atoms with Gasteiger partial charge in [-0.25, -0.2) is 0 Å². The fourth-order valence-corrected chi connectivity index (χ4v) is 1.78. The lowest BCUT2D eigenvalue weighted by Gasteiger charge is -2.33. The number of nitrogens with one attached hydrogen (secondary N) is 1. The van der Waals surface area contributed by atoms with Crippen LogP contribution in [-0.4, -0.2) is 74.6 Å². The smallest absolute Gasteiger partial charge is 0.248 e. The van der Waals surface area contributed by atoms with Gasteiger partial charge in [0, 0.05) is 39.8 Å². The van der Waals surface area contributed by atoms with E-state index in [1.807, 2.05) is 6.92 Å². The second-order valence-corrected chi connectivity index (χ2v) is 4.38. The summed E-state index contributed by atoms with van der Waals surface area (Å²) in [6, 6.07) is 0.313. The zero-order valence-electron chi connectivity index (χ0n) is 10.7. The Morgan fingerprint density at radius 2 is 2.24 bits per heavy atom. The molecule has 0 unspecified atom stereocenters. The molecule has 6 nitrogen and oxygen atoms in total. The molecule has 98 valence electrons. The third kappa shape index (κ3) is 4.32. The fourth-order valence-electron chi connectivity index (χ4n) is 1.78. The molecule has 1 N–H and O–H groups in total. The molecule has 0 aromatic carbocycles. The molecule has 0 aromatic rings. The Morgan fingerprint density at radius 1 is 1.53 bits per heavy atom. The highest BCUT2D eigenvalue weighted by atomic mass is 16.5. The van der Waals surface area contributed by atoms with Crippen molar-refractivity contribution in [1.29, 1.82) is 0 Å². The van der Waals surface area contributed by atoms with Crippen molar-refractivity contribution in [2.45, 2.75) is 13.0 Å². The van der Waals surface area contributed by atoms with E-state index < -0.39 is 0 Å². The summed E-state index contributed by atoms with van der Waals surface area (Å²) in [6.07, 6.45) is 0. The number of ether oxygens (including phenoxy) is 1. The zero-order valence-corrected chi connectivity index (χ0v) is 10.7. The van der Waals surface area contributed by atoms with E-state index in [9.17, 15) is 9.59 Å². The van der Waals surface area contributed by atoms with Crippen LogP contribution in [0, 0.1) is 0 Å². The van der Waals surface area contributed by atoms with Crippen LogP contribution in [0.15, 0.2) is 0 Å². The molecule has 17 heavy (non-hydrogen) atoms. The van der Waals surface area contributed by atoms with Crippen molar-refractivity contribution in [1.82, 2.24) is 15.1 Å². The minimum atomic E-state index is -0.177. The van der Waals surface area contributed by atoms with E-state index in [2.05, 4.69) is 5.32 Å². The molecule has 0 aliphatic carbocycles. The minimum absolute atomic E-state index is 0.00898. The predicted octanol–water partition coefficient (Wildman–Crippen LogP) is -1.09. The summed E-state index contributed by atoms with van der Waals surface area (Å²) in [6.45, 7) is 4.39. The van der Waals surface area contributed by atoms with Crippen LogP contribution in [0.2, 0.25) is 0 Å². The lowest BCUT2D eigenvalue weighted by Crippen LogP contribution is -2.53. The number of carbonyl (C=O) groups is 2. The van der Waals surface area contributed by atoms with Gasteiger partial charge in [0.25, 0.3) is 0 Å². The molecule has 2 amide bonds. The number of rotatable bonds is 4. The summed E-state index contributed by atoms with van der Waals surface area (Å²) in [4.78, 5) is 26.6. The maximum Gasteiger partial charge on any atom is 0.248 e. The van der Waals surface area contributed by atoms with Crippen LogP contribution in [0.4, 0.5) is 0 Å². The van der Waals surface area contributed by atoms with Crippen LogP contribution in [0.5, 0.6) is 0 Å². The monoisotopic (exact) mass is 243 g/mol. The normalized spacial score (nSPS) is 20.2. The van der Waals surface area contributed by atoms with Gasteiger partial charge < -0.3 is 19.9 Å². The van der Waals surface area contributed by atoms with Crippen LogP contribution in [0.1, 0.15) is 6.92 Å². The van der Waals surface area contributed by atoms with Crippen molar-refractivity contribution < 1.29 is 14.3 Å². The van der Waals surface area contributed by atoms with Gasteiger partial charge in [0.1, 0.15) is 6.61 Å². The molecule has 0 saturated carbocycles. The number of nitrogens with zero attached hydrogens (tertiary/aromatic N) is 2. The first-order valence-electron chi connectivity index (χ1n) is 5.78. The molecule has 0 spiro atoms. The Kier molecular flexibility index (Phi) is 5.37. The van der Waals surface area contributed by atoms with Crippen molar-refractivity contribution in [2.24, 2.45) is 0 Å². The molecular formula is C11H21N3O3. The average molecular weight is 243 g/mol. The van der Waals surface area contributed by atoms with Gasteiger partial charge in [-0.2, -0.15) is 0 Å². The van der Waals surface area contributed by atoms with Gasteiger partial charge in [-0.15, -0.1) is 0 Å². The molecule has 1 rings (SSSR count). The molecule has 6 heteroatoms. The number of likely N-dealkylation sites (N-methyl/N-ethyl adjacent to an activating group) is 1. The van der Waals surface area contributed by atoms with E-state index in [1.54, 1.807) is 11.9 Å². The van der Waals surface area contributed by atoms with Crippen molar-refractivity contribution >= 4 is 11.8 Å². The van der Waals surface area contributed by atoms with E-state index in [4.69, 9.17) is 4.74 Å². The molecular weight excluding hydrogens is 222 g/mol. The Morgan fingerprint density at radius 3 is 2.82 bits per heavy atom. The van der Waals surface area contributed by atoms with E-state index in [0.717, 1.165) is 6.54 Å². The Hall–Kier alpha value is -1.14. The third-order valence-corrected chi connectivity index (χ3v) is 2.79. The van der Waals surface area contributed by atoms with Gasteiger partial charge >= 0.3 is 0 Å². The van der Waals surface area contributed by atoms with Crippen molar-refractivity contribution in [3.8, 4) is 0 Å². The average Bonchev–Trinajstić information content (AvgIpc) is 2.29. The number of amides is 2. The van der Waals surface area contributed by atoms with Gasteiger partial charge in [-0.05, 0) is 6.92 Å². The van der Waals surface area contributed by atoms with Crippen LogP contribution in [0.25, 0.3) is 0 Å². The highest BCUT2D eigenvalue weighted by Crippen LogP contribution is 2.00. The van der Waals surface area contributed by atoms with E-state index in [0.29, 0.717) is 19.1 Å². The van der Waals surface area contributed by atoms with Crippen molar-refractivity contribution in [3.63, 3.8) is 0 Å². The zero-order chi connectivity index (χ0) is 12.8. The molecule has 1 saturated heterocycles. The second-order valence-electron chi connectivity index (χ2n) is 4.38. The quantitative estimate of drug-likeness (QED) is 0.681. The lowest BCUT2D eigenvalue weighted by molar-refractivity contribution is -0.141. The Balaban J connectivity index is 2.40. The maximum absolute atomic E-state index is 11.9. The molecule has 1 aliphatic heterocycles. The van der Waals surface area contributed by atoms with E-state index in [-0.39, 0.29) is 25.0 Å². The summed E-state index contributed by atoms with van der Waals surface area (Å²) in [5.74, 6) is -0.186. The highest BCUT2D eigenvalue weighted by Gasteiger charge is 2.22. The summed E-state index contributed by atoms with van der Waals surface area (Å²) >= 11 is 0. The van der Waals surface area contributed by atoms with Crippen LogP contribution in [0.3, 0.4) is 0 Å². The summed E-state index contributed by atoms with van der Waals surface area (Å²) in [5.41, 5.74) is 0. The largest absolute Gasteiger partial charge is 0.375 e. The summed E-state index contributed by atoms with van der Waals surface area (Å²) < 4.78 is 4.74. The third-order valence-electron chi connectivity index (χ3n) is 2.79. The Bertz CT molecular complexity index is 283. The summed E-state index contributed by atoms with van der Waals surface area (Å²) in [5, 5.41) is 3.27. The molecule has 1 heterocycles. The molecule has 0 radical (unpaired) electrons. The standard InChI is InChI=1S/C11H21N3O3/c1-9-6-14(5-4-12-9)10(15)7-13(2)11(16)8-17-3/h9,12H,4-8H2,1-3H3/t9-/m1/s1. The molecule has 1 atom stereocenters. The molecule has 0 bridgehead atoms. The van der Waals surface area contributed by atoms with Gasteiger partial charge in [0.2, 0.25) is 11.8 Å². The predicted molar refractivity (Wildman–Crippen MR) is 63.6 cm³/mol. The van der Waals surface area contributed by atoms with E-state index in [1.165, 1.54) is 12.0 Å². The molecule has 0 aromatic heterocycles. The number of piperazine rings is 1. The van der Waals surface area contributed by atoms with Crippen molar-refractivity contribution in [3.05, 3.63) is 0 Å². The van der Waals surface area contributed by atoms with Crippen molar-refractivity contribution in [2.75, 3.05) is 46.9 Å². The van der Waals surface area contributed by atoms with Gasteiger partial charge in [-0.3, -0.25) is 9.59 Å². The first-order valence-corrected chi connectivity index (χ1v) is 5.78. The second kappa shape index (κ2) is 6.56. The van der Waals surface area contributed by atoms with Crippen LogP contribution in [-0.2, 0) is 14.3 Å². The first kappa shape index (κ1) is 13.9. The number of carbonyl (C=O) groups excluding carboxylic acids is 2. The minimum Gasteiger partial charge on any atom is -0.375 e. The lowest BCUT2D eigenvalue weighted by atomic mass is 10.2. The Labute approximate surface area is 102 Å². The van der Waals surface area contributed by atoms with E-state index >= 15 is 0 Å². The van der Waals surface area contributed by atoms with Crippen LogP contribution >= 0.6 is 0 Å². The van der Waals surface area contributed by atoms with Crippen LogP contribution < -0.4 is 5.32 Å². The molecule has 1 aliphatic rings. The highest BCUT2D eigenvalue weighted by molar-refractivity contribution is 5.85. The van der Waals surface area contributed by atoms with Gasteiger partial charge in [-0.1, -0.05) is 0 Å².